The molecule has 192 valence electrons. The molecule has 0 fully saturated rings. The van der Waals surface area contributed by atoms with Crippen LogP contribution >= 0.6 is 0 Å². The lowest BCUT2D eigenvalue weighted by Crippen LogP contribution is -2.44. The lowest BCUT2D eigenvalue weighted by molar-refractivity contribution is 0.466. The molecule has 0 saturated heterocycles. The Kier molecular flexibility index (Phi) is 6.80. The molecular weight excluding hydrogens is 468 g/mol. The van der Waals surface area contributed by atoms with Gasteiger partial charge in [0.25, 0.3) is 8.32 Å². The molecule has 1 N–H and O–H groups in total. The van der Waals surface area contributed by atoms with Crippen molar-refractivity contribution >= 4 is 38.6 Å². The van der Waals surface area contributed by atoms with Crippen molar-refractivity contribution in [3.63, 3.8) is 0 Å². The van der Waals surface area contributed by atoms with E-state index in [1.807, 2.05) is 46.0 Å². The molecule has 0 aliphatic carbocycles. The van der Waals surface area contributed by atoms with Gasteiger partial charge in [0.1, 0.15) is 16.9 Å². The molecule has 0 bridgehead atoms. The van der Waals surface area contributed by atoms with E-state index in [2.05, 4.69) is 54.6 Å². The van der Waals surface area contributed by atoms with Gasteiger partial charge in [0, 0.05) is 5.56 Å². The lowest BCUT2D eigenvalue weighted by atomic mass is 9.91. The van der Waals surface area contributed by atoms with Gasteiger partial charge in [-0.3, -0.25) is 4.79 Å². The summed E-state index contributed by atoms with van der Waals surface area (Å²) in [5.41, 5.74) is 6.30. The van der Waals surface area contributed by atoms with E-state index in [1.165, 1.54) is 0 Å². The average molecular weight is 513 g/mol. The van der Waals surface area contributed by atoms with Crippen LogP contribution in [0.1, 0.15) is 62.4 Å². The highest BCUT2D eigenvalue weighted by atomic mass is 28.4. The summed E-state index contributed by atoms with van der Waals surface area (Å²) in [4.78, 5) is 24.6. The molecule has 0 saturated carbocycles. The summed E-state index contributed by atoms with van der Waals surface area (Å²) in [6.07, 6.45) is 0.741. The van der Waals surface area contributed by atoms with Crippen molar-refractivity contribution < 1.29 is 13.6 Å². The second-order valence-corrected chi connectivity index (χ2v) is 22.3. The SMILES string of the molecule is Cc1cc2c(=O)c3cc(C)c(O[Si](C)(C)C(C)(C)C)c(C)c3oc2c(C)c1CC(C)(C)[Si](C)(C)O. The van der Waals surface area contributed by atoms with Crippen molar-refractivity contribution in [3.8, 4) is 5.75 Å². The minimum Gasteiger partial charge on any atom is -0.543 e. The molecule has 0 radical (unpaired) electrons. The highest BCUT2D eigenvalue weighted by Gasteiger charge is 2.40. The Morgan fingerprint density at radius 3 is 1.83 bits per heavy atom. The van der Waals surface area contributed by atoms with Crippen LogP contribution in [0.5, 0.6) is 5.75 Å². The second kappa shape index (κ2) is 8.60. The van der Waals surface area contributed by atoms with Crippen molar-refractivity contribution in [2.24, 2.45) is 0 Å². The smallest absolute Gasteiger partial charge is 0.250 e. The molecule has 2 aromatic carbocycles. The van der Waals surface area contributed by atoms with Gasteiger partial charge in [-0.2, -0.15) is 0 Å². The van der Waals surface area contributed by atoms with Gasteiger partial charge in [-0.25, -0.2) is 0 Å². The van der Waals surface area contributed by atoms with Crippen molar-refractivity contribution in [2.75, 3.05) is 0 Å². The van der Waals surface area contributed by atoms with Gasteiger partial charge in [0.15, 0.2) is 8.32 Å². The van der Waals surface area contributed by atoms with E-state index in [1.54, 1.807) is 0 Å². The summed E-state index contributed by atoms with van der Waals surface area (Å²) in [5, 5.41) is 1.06. The molecule has 0 aliphatic rings. The van der Waals surface area contributed by atoms with Crippen LogP contribution in [0.4, 0.5) is 0 Å². The van der Waals surface area contributed by atoms with Gasteiger partial charge in [-0.05, 0) is 105 Å². The summed E-state index contributed by atoms with van der Waals surface area (Å²) in [6.45, 7) is 27.5. The third-order valence-corrected chi connectivity index (χ3v) is 16.5. The minimum atomic E-state index is -2.40. The quantitative estimate of drug-likeness (QED) is 0.277. The minimum absolute atomic E-state index is 0.000185. The van der Waals surface area contributed by atoms with E-state index < -0.39 is 16.6 Å². The van der Waals surface area contributed by atoms with E-state index in [4.69, 9.17) is 8.84 Å². The summed E-state index contributed by atoms with van der Waals surface area (Å²) in [6, 6.07) is 3.90. The van der Waals surface area contributed by atoms with Crippen molar-refractivity contribution in [2.45, 2.75) is 105 Å². The fourth-order valence-electron chi connectivity index (χ4n) is 4.30. The number of hydrogen-bond donors (Lipinski definition) is 1. The fraction of sp³-hybridized carbons (Fsp3) is 0.552. The monoisotopic (exact) mass is 512 g/mol. The number of aryl methyl sites for hydroxylation is 4. The lowest BCUT2D eigenvalue weighted by Gasteiger charge is -2.37. The number of fused-ring (bicyclic) bond motifs is 2. The third-order valence-electron chi connectivity index (χ3n) is 8.65. The molecule has 3 aromatic rings. The Labute approximate surface area is 213 Å². The highest BCUT2D eigenvalue weighted by molar-refractivity contribution is 6.74. The molecule has 4 nitrogen and oxygen atoms in total. The average Bonchev–Trinajstić information content (AvgIpc) is 2.68. The maximum Gasteiger partial charge on any atom is 0.250 e. The molecular formula is C29H44O4Si2. The van der Waals surface area contributed by atoms with Gasteiger partial charge < -0.3 is 13.6 Å². The summed E-state index contributed by atoms with van der Waals surface area (Å²) in [5.74, 6) is 0.839. The van der Waals surface area contributed by atoms with Crippen LogP contribution in [0.2, 0.25) is 36.3 Å². The van der Waals surface area contributed by atoms with Crippen LogP contribution in [-0.4, -0.2) is 21.4 Å². The number of hydrogen-bond acceptors (Lipinski definition) is 4. The molecule has 0 spiro atoms. The van der Waals surface area contributed by atoms with Crippen molar-refractivity contribution in [3.05, 3.63) is 50.2 Å². The van der Waals surface area contributed by atoms with E-state index in [0.717, 1.165) is 40.0 Å². The molecule has 0 unspecified atom stereocenters. The van der Waals surface area contributed by atoms with Crippen molar-refractivity contribution in [1.82, 2.24) is 0 Å². The predicted molar refractivity (Wildman–Crippen MR) is 154 cm³/mol. The van der Waals surface area contributed by atoms with Gasteiger partial charge in [-0.15, -0.1) is 0 Å². The van der Waals surface area contributed by atoms with Gasteiger partial charge >= 0.3 is 0 Å². The normalized spacial score (nSPS) is 13.7. The number of rotatable bonds is 5. The Morgan fingerprint density at radius 1 is 0.857 bits per heavy atom. The van der Waals surface area contributed by atoms with Crippen LogP contribution < -0.4 is 9.85 Å². The molecule has 35 heavy (non-hydrogen) atoms. The topological polar surface area (TPSA) is 59.7 Å². The zero-order chi connectivity index (χ0) is 26.9. The van der Waals surface area contributed by atoms with E-state index in [0.29, 0.717) is 21.9 Å². The van der Waals surface area contributed by atoms with E-state index in [9.17, 15) is 9.59 Å². The number of benzene rings is 2. The fourth-order valence-corrected chi connectivity index (χ4v) is 6.04. The molecule has 3 rings (SSSR count). The Balaban J connectivity index is 2.32. The van der Waals surface area contributed by atoms with Crippen LogP contribution in [0.15, 0.2) is 21.3 Å². The Hall–Kier alpha value is -1.90. The third kappa shape index (κ3) is 4.77. The molecule has 0 atom stereocenters. The maximum absolute atomic E-state index is 13.7. The van der Waals surface area contributed by atoms with Gasteiger partial charge in [0.2, 0.25) is 5.43 Å². The largest absolute Gasteiger partial charge is 0.543 e. The molecule has 0 aliphatic heterocycles. The summed E-state index contributed by atoms with van der Waals surface area (Å²) < 4.78 is 13.3. The second-order valence-electron chi connectivity index (χ2n) is 13.1. The molecule has 1 aromatic heterocycles. The van der Waals surface area contributed by atoms with E-state index >= 15 is 0 Å². The molecule has 0 amide bonds. The Bertz CT molecular complexity index is 1270. The predicted octanol–water partition coefficient (Wildman–Crippen LogP) is 8.08. The van der Waals surface area contributed by atoms with E-state index in [-0.39, 0.29) is 15.5 Å². The first-order valence-corrected chi connectivity index (χ1v) is 18.5. The first kappa shape index (κ1) is 27.7. The van der Waals surface area contributed by atoms with Gasteiger partial charge in [-0.1, -0.05) is 34.6 Å². The molecule has 6 heteroatoms. The Morgan fingerprint density at radius 2 is 1.34 bits per heavy atom. The van der Waals surface area contributed by atoms with Crippen LogP contribution in [-0.2, 0) is 6.42 Å². The zero-order valence-electron chi connectivity index (χ0n) is 24.0. The van der Waals surface area contributed by atoms with Gasteiger partial charge in [0.05, 0.1) is 10.8 Å². The first-order chi connectivity index (χ1) is 15.7. The summed E-state index contributed by atoms with van der Waals surface area (Å²) in [7, 11) is -4.48. The summed E-state index contributed by atoms with van der Waals surface area (Å²) >= 11 is 0. The zero-order valence-corrected chi connectivity index (χ0v) is 26.0. The van der Waals surface area contributed by atoms with Crippen LogP contribution in [0.25, 0.3) is 21.9 Å². The standard InChI is InChI=1S/C29H44O4Si2/c1-17-14-21-24(30)22-15-18(2)25(33-35(12,13)28(5,6)7)20(4)27(22)32-26(21)19(3)23(17)16-29(8,9)34(10,11)31/h14-15,31H,16H2,1-13H3. The van der Waals surface area contributed by atoms with Crippen LogP contribution in [0, 0.1) is 27.7 Å². The first-order valence-electron chi connectivity index (χ1n) is 12.6. The highest BCUT2D eigenvalue weighted by Crippen LogP contribution is 2.43. The van der Waals surface area contributed by atoms with Crippen LogP contribution in [0.3, 0.4) is 0 Å². The van der Waals surface area contributed by atoms with Crippen molar-refractivity contribution in [1.29, 1.82) is 0 Å². The maximum atomic E-state index is 13.7. The molecule has 1 heterocycles.